The molecule has 2 rings (SSSR count). The standard InChI is InChI=1S/C13H24FN/c14-12(13-8-4-5-9-15-13)10-11-6-2-1-3-7-11/h11-13,15H,1-10H2. The summed E-state index contributed by atoms with van der Waals surface area (Å²) in [4.78, 5) is 0. The monoisotopic (exact) mass is 213 g/mol. The minimum absolute atomic E-state index is 0.167. The summed E-state index contributed by atoms with van der Waals surface area (Å²) in [6, 6.07) is 0.167. The van der Waals surface area contributed by atoms with Gasteiger partial charge in [-0.15, -0.1) is 0 Å². The minimum atomic E-state index is -0.589. The molecular weight excluding hydrogens is 189 g/mol. The lowest BCUT2D eigenvalue weighted by Gasteiger charge is -2.30. The third-order valence-electron chi connectivity index (χ3n) is 4.07. The summed E-state index contributed by atoms with van der Waals surface area (Å²) in [6.07, 6.45) is 10.3. The van der Waals surface area contributed by atoms with Gasteiger partial charge in [0.25, 0.3) is 0 Å². The number of halogens is 1. The SMILES string of the molecule is FC(CC1CCCCC1)C1CCCCN1. The van der Waals surface area contributed by atoms with Crippen LogP contribution in [-0.2, 0) is 0 Å². The van der Waals surface area contributed by atoms with Crippen molar-refractivity contribution in [3.05, 3.63) is 0 Å². The third kappa shape index (κ3) is 3.44. The van der Waals surface area contributed by atoms with Crippen molar-refractivity contribution >= 4 is 0 Å². The summed E-state index contributed by atoms with van der Waals surface area (Å²) in [5.41, 5.74) is 0. The van der Waals surface area contributed by atoms with Gasteiger partial charge in [0, 0.05) is 6.04 Å². The van der Waals surface area contributed by atoms with E-state index in [0.717, 1.165) is 19.4 Å². The zero-order valence-electron chi connectivity index (χ0n) is 9.68. The lowest BCUT2D eigenvalue weighted by atomic mass is 9.83. The van der Waals surface area contributed by atoms with Gasteiger partial charge in [-0.25, -0.2) is 4.39 Å². The molecule has 0 bridgehead atoms. The Morgan fingerprint density at radius 3 is 2.40 bits per heavy atom. The number of piperidine rings is 1. The van der Waals surface area contributed by atoms with Crippen molar-refractivity contribution in [1.82, 2.24) is 5.32 Å². The fourth-order valence-electron chi connectivity index (χ4n) is 3.09. The average molecular weight is 213 g/mol. The molecule has 15 heavy (non-hydrogen) atoms. The van der Waals surface area contributed by atoms with Gasteiger partial charge in [0.15, 0.2) is 0 Å². The van der Waals surface area contributed by atoms with Crippen LogP contribution in [0.2, 0.25) is 0 Å². The molecule has 0 spiro atoms. The van der Waals surface area contributed by atoms with E-state index in [4.69, 9.17) is 0 Å². The molecule has 1 saturated heterocycles. The Kier molecular flexibility index (Phi) is 4.42. The maximum Gasteiger partial charge on any atom is 0.116 e. The fourth-order valence-corrected chi connectivity index (χ4v) is 3.09. The highest BCUT2D eigenvalue weighted by Gasteiger charge is 2.26. The van der Waals surface area contributed by atoms with Gasteiger partial charge < -0.3 is 5.32 Å². The van der Waals surface area contributed by atoms with Crippen molar-refractivity contribution < 1.29 is 4.39 Å². The van der Waals surface area contributed by atoms with E-state index < -0.39 is 6.17 Å². The zero-order valence-corrected chi connectivity index (χ0v) is 9.68. The average Bonchev–Trinajstić information content (AvgIpc) is 2.31. The number of hydrogen-bond acceptors (Lipinski definition) is 1. The molecule has 0 aromatic carbocycles. The Bertz CT molecular complexity index is 171. The maximum absolute atomic E-state index is 14.0. The summed E-state index contributed by atoms with van der Waals surface area (Å²) in [5, 5.41) is 3.33. The normalized spacial score (nSPS) is 31.4. The van der Waals surface area contributed by atoms with Crippen LogP contribution in [0.1, 0.15) is 57.8 Å². The first kappa shape index (κ1) is 11.4. The minimum Gasteiger partial charge on any atom is -0.311 e. The van der Waals surface area contributed by atoms with Crippen LogP contribution < -0.4 is 5.32 Å². The molecule has 1 aliphatic carbocycles. The Morgan fingerprint density at radius 2 is 1.73 bits per heavy atom. The molecule has 2 aliphatic rings. The van der Waals surface area contributed by atoms with E-state index in [9.17, 15) is 4.39 Å². The van der Waals surface area contributed by atoms with Crippen LogP contribution in [-0.4, -0.2) is 18.8 Å². The van der Waals surface area contributed by atoms with Crippen LogP contribution in [0.5, 0.6) is 0 Å². The van der Waals surface area contributed by atoms with E-state index in [1.807, 2.05) is 0 Å². The number of alkyl halides is 1. The van der Waals surface area contributed by atoms with Gasteiger partial charge in [-0.2, -0.15) is 0 Å². The first-order valence-corrected chi connectivity index (χ1v) is 6.74. The second-order valence-corrected chi connectivity index (χ2v) is 5.31. The van der Waals surface area contributed by atoms with Gasteiger partial charge in [0.1, 0.15) is 6.17 Å². The Hall–Kier alpha value is -0.110. The first-order valence-electron chi connectivity index (χ1n) is 6.74. The highest BCUT2D eigenvalue weighted by atomic mass is 19.1. The van der Waals surface area contributed by atoms with Crippen LogP contribution in [0.4, 0.5) is 4.39 Å². The molecule has 2 heteroatoms. The van der Waals surface area contributed by atoms with E-state index in [1.165, 1.54) is 44.9 Å². The van der Waals surface area contributed by atoms with Crippen molar-refractivity contribution in [1.29, 1.82) is 0 Å². The van der Waals surface area contributed by atoms with Gasteiger partial charge in [0.2, 0.25) is 0 Å². The zero-order chi connectivity index (χ0) is 10.5. The molecule has 2 atom stereocenters. The predicted molar refractivity (Wildman–Crippen MR) is 61.7 cm³/mol. The van der Waals surface area contributed by atoms with Crippen molar-refractivity contribution in [2.75, 3.05) is 6.54 Å². The molecule has 1 aliphatic heterocycles. The molecule has 1 heterocycles. The van der Waals surface area contributed by atoms with Crippen LogP contribution in [0, 0.1) is 5.92 Å². The Balaban J connectivity index is 1.72. The molecule has 1 N–H and O–H groups in total. The van der Waals surface area contributed by atoms with E-state index in [2.05, 4.69) is 5.32 Å². The van der Waals surface area contributed by atoms with Gasteiger partial charge in [-0.05, 0) is 31.7 Å². The van der Waals surface area contributed by atoms with Gasteiger partial charge in [-0.3, -0.25) is 0 Å². The molecule has 0 aromatic rings. The predicted octanol–water partition coefficient (Wildman–Crippen LogP) is 3.44. The summed E-state index contributed by atoms with van der Waals surface area (Å²) >= 11 is 0. The quantitative estimate of drug-likeness (QED) is 0.757. The van der Waals surface area contributed by atoms with E-state index in [0.29, 0.717) is 5.92 Å². The molecule has 1 nitrogen and oxygen atoms in total. The third-order valence-corrected chi connectivity index (χ3v) is 4.07. The molecule has 0 aromatic heterocycles. The highest BCUT2D eigenvalue weighted by molar-refractivity contribution is 4.82. The van der Waals surface area contributed by atoms with E-state index in [-0.39, 0.29) is 6.04 Å². The van der Waals surface area contributed by atoms with Crippen molar-refractivity contribution in [2.45, 2.75) is 70.0 Å². The van der Waals surface area contributed by atoms with Crippen LogP contribution in [0.3, 0.4) is 0 Å². The second kappa shape index (κ2) is 5.83. The smallest absolute Gasteiger partial charge is 0.116 e. The lowest BCUT2D eigenvalue weighted by Crippen LogP contribution is -2.42. The summed E-state index contributed by atoms with van der Waals surface area (Å²) in [6.45, 7) is 1.02. The lowest BCUT2D eigenvalue weighted by molar-refractivity contribution is 0.166. The van der Waals surface area contributed by atoms with E-state index in [1.54, 1.807) is 0 Å². The second-order valence-electron chi connectivity index (χ2n) is 5.31. The molecular formula is C13H24FN. The Morgan fingerprint density at radius 1 is 1.00 bits per heavy atom. The van der Waals surface area contributed by atoms with Crippen molar-refractivity contribution in [3.8, 4) is 0 Å². The van der Waals surface area contributed by atoms with Crippen LogP contribution >= 0.6 is 0 Å². The van der Waals surface area contributed by atoms with Crippen LogP contribution in [0.15, 0.2) is 0 Å². The number of rotatable bonds is 3. The number of nitrogens with one attached hydrogen (secondary N) is 1. The fraction of sp³-hybridized carbons (Fsp3) is 1.00. The largest absolute Gasteiger partial charge is 0.311 e. The molecule has 0 radical (unpaired) electrons. The van der Waals surface area contributed by atoms with Crippen LogP contribution in [0.25, 0.3) is 0 Å². The van der Waals surface area contributed by atoms with Gasteiger partial charge in [-0.1, -0.05) is 38.5 Å². The summed E-state index contributed by atoms with van der Waals surface area (Å²) in [5.74, 6) is 0.678. The summed E-state index contributed by atoms with van der Waals surface area (Å²) < 4.78 is 14.0. The Labute approximate surface area is 92.8 Å². The first-order chi connectivity index (χ1) is 7.36. The van der Waals surface area contributed by atoms with Crippen molar-refractivity contribution in [2.24, 2.45) is 5.92 Å². The maximum atomic E-state index is 14.0. The highest BCUT2D eigenvalue weighted by Crippen LogP contribution is 2.29. The van der Waals surface area contributed by atoms with Gasteiger partial charge in [0.05, 0.1) is 0 Å². The van der Waals surface area contributed by atoms with Gasteiger partial charge >= 0.3 is 0 Å². The molecule has 88 valence electrons. The van der Waals surface area contributed by atoms with E-state index >= 15 is 0 Å². The molecule has 2 fully saturated rings. The molecule has 2 unspecified atom stereocenters. The van der Waals surface area contributed by atoms with Crippen molar-refractivity contribution in [3.63, 3.8) is 0 Å². The molecule has 1 saturated carbocycles. The summed E-state index contributed by atoms with van der Waals surface area (Å²) in [7, 11) is 0. The molecule has 0 amide bonds. The topological polar surface area (TPSA) is 12.0 Å². The number of hydrogen-bond donors (Lipinski definition) is 1.